The van der Waals surface area contributed by atoms with Gasteiger partial charge < -0.3 is 4.90 Å². The summed E-state index contributed by atoms with van der Waals surface area (Å²) < 4.78 is 25.2. The Bertz CT molecular complexity index is 922. The second-order valence-corrected chi connectivity index (χ2v) is 8.29. The predicted molar refractivity (Wildman–Crippen MR) is 110 cm³/mol. The van der Waals surface area contributed by atoms with Gasteiger partial charge in [-0.05, 0) is 42.3 Å². The monoisotopic (exact) mass is 388 g/mol. The van der Waals surface area contributed by atoms with Crippen molar-refractivity contribution in [1.82, 2.24) is 5.43 Å². The van der Waals surface area contributed by atoms with Crippen LogP contribution in [-0.4, -0.2) is 47.4 Å². The lowest BCUT2D eigenvalue weighted by atomic mass is 10.2. The Morgan fingerprint density at radius 1 is 1.11 bits per heavy atom. The van der Waals surface area contributed by atoms with Crippen molar-refractivity contribution in [2.45, 2.75) is 6.92 Å². The maximum absolute atomic E-state index is 12.2. The molecule has 0 bridgehead atoms. The molecule has 0 aromatic heterocycles. The molecule has 7 nitrogen and oxygen atoms in total. The summed E-state index contributed by atoms with van der Waals surface area (Å²) in [7, 11) is 0.295. The third-order valence-electron chi connectivity index (χ3n) is 3.79. The molecule has 0 unspecified atom stereocenters. The predicted octanol–water partition coefficient (Wildman–Crippen LogP) is 1.98. The summed E-state index contributed by atoms with van der Waals surface area (Å²) in [6.45, 7) is 1.51. The smallest absolute Gasteiger partial charge is 0.260 e. The maximum Gasteiger partial charge on any atom is 0.260 e. The molecule has 27 heavy (non-hydrogen) atoms. The summed E-state index contributed by atoms with van der Waals surface area (Å²) in [6, 6.07) is 14.6. The Morgan fingerprint density at radius 2 is 1.78 bits per heavy atom. The molecule has 0 atom stereocenters. The third-order valence-corrected chi connectivity index (χ3v) is 4.93. The summed E-state index contributed by atoms with van der Waals surface area (Å²) in [4.78, 5) is 14.1. The van der Waals surface area contributed by atoms with E-state index in [0.717, 1.165) is 27.4 Å². The molecule has 2 rings (SSSR count). The minimum Gasteiger partial charge on any atom is -0.378 e. The van der Waals surface area contributed by atoms with Crippen LogP contribution < -0.4 is 14.6 Å². The molecule has 0 aliphatic carbocycles. The lowest BCUT2D eigenvalue weighted by Gasteiger charge is -2.21. The third kappa shape index (κ3) is 6.10. The second-order valence-electron chi connectivity index (χ2n) is 6.39. The highest BCUT2D eigenvalue weighted by atomic mass is 32.2. The van der Waals surface area contributed by atoms with Crippen molar-refractivity contribution in [2.24, 2.45) is 5.10 Å². The molecule has 2 aromatic carbocycles. The van der Waals surface area contributed by atoms with Gasteiger partial charge in [0.15, 0.2) is 0 Å². The highest BCUT2D eigenvalue weighted by Gasteiger charge is 2.20. The van der Waals surface area contributed by atoms with Crippen LogP contribution >= 0.6 is 0 Å². The van der Waals surface area contributed by atoms with Gasteiger partial charge in [0.2, 0.25) is 10.0 Å². The molecular formula is C19H24N4O3S. The van der Waals surface area contributed by atoms with E-state index in [4.69, 9.17) is 0 Å². The second kappa shape index (κ2) is 8.68. The van der Waals surface area contributed by atoms with Gasteiger partial charge >= 0.3 is 0 Å². The molecule has 0 spiro atoms. The Morgan fingerprint density at radius 3 is 2.33 bits per heavy atom. The molecule has 8 heteroatoms. The molecule has 0 heterocycles. The highest BCUT2D eigenvalue weighted by molar-refractivity contribution is 7.92. The van der Waals surface area contributed by atoms with Crippen molar-refractivity contribution in [3.8, 4) is 0 Å². The molecule has 2 aromatic rings. The normalized spacial score (nSPS) is 11.4. The molecule has 0 aliphatic rings. The first kappa shape index (κ1) is 20.4. The summed E-state index contributed by atoms with van der Waals surface area (Å²) in [5.41, 5.74) is 5.59. The fourth-order valence-electron chi connectivity index (χ4n) is 2.39. The van der Waals surface area contributed by atoms with Gasteiger partial charge in [-0.25, -0.2) is 13.8 Å². The highest BCUT2D eigenvalue weighted by Crippen LogP contribution is 2.18. The average Bonchev–Trinajstić information content (AvgIpc) is 2.59. The van der Waals surface area contributed by atoms with Gasteiger partial charge in [-0.15, -0.1) is 0 Å². The lowest BCUT2D eigenvalue weighted by molar-refractivity contribution is -0.119. The van der Waals surface area contributed by atoms with Crippen LogP contribution in [0.3, 0.4) is 0 Å². The summed E-state index contributed by atoms with van der Waals surface area (Å²) >= 11 is 0. The van der Waals surface area contributed by atoms with E-state index in [0.29, 0.717) is 5.69 Å². The minimum absolute atomic E-state index is 0.348. The van der Waals surface area contributed by atoms with E-state index in [1.807, 2.05) is 56.3 Å². The standard InChI is InChI=1S/C19H24N4O3S/c1-15-6-5-7-18(12-15)23(27(4,25)26)14-19(24)21-20-13-16-8-10-17(11-9-16)22(2)3/h5-13H,14H2,1-4H3,(H,21,24)/b20-13-. The molecule has 0 radical (unpaired) electrons. The molecule has 144 valence electrons. The zero-order chi connectivity index (χ0) is 20.0. The first-order valence-electron chi connectivity index (χ1n) is 8.30. The van der Waals surface area contributed by atoms with Crippen molar-refractivity contribution in [1.29, 1.82) is 0 Å². The Labute approximate surface area is 160 Å². The molecule has 0 saturated carbocycles. The number of nitrogens with one attached hydrogen (secondary N) is 1. The van der Waals surface area contributed by atoms with Crippen LogP contribution in [0.2, 0.25) is 0 Å². The average molecular weight is 388 g/mol. The van der Waals surface area contributed by atoms with E-state index in [9.17, 15) is 13.2 Å². The number of amides is 1. The van der Waals surface area contributed by atoms with E-state index in [1.54, 1.807) is 18.2 Å². The number of hydrogen-bond acceptors (Lipinski definition) is 5. The largest absolute Gasteiger partial charge is 0.378 e. The molecule has 1 N–H and O–H groups in total. The van der Waals surface area contributed by atoms with Crippen molar-refractivity contribution >= 4 is 33.5 Å². The summed E-state index contributed by atoms with van der Waals surface area (Å²) in [5.74, 6) is -0.525. The number of hydrogen-bond donors (Lipinski definition) is 1. The van der Waals surface area contributed by atoms with E-state index in [1.165, 1.54) is 6.21 Å². The van der Waals surface area contributed by atoms with Gasteiger partial charge in [0, 0.05) is 19.8 Å². The van der Waals surface area contributed by atoms with Gasteiger partial charge in [0.25, 0.3) is 5.91 Å². The Hall–Kier alpha value is -2.87. The SMILES string of the molecule is Cc1cccc(N(CC(=O)N/N=C\c2ccc(N(C)C)cc2)S(C)(=O)=O)c1. The van der Waals surface area contributed by atoms with Crippen LogP contribution in [0.4, 0.5) is 11.4 Å². The van der Waals surface area contributed by atoms with E-state index in [-0.39, 0.29) is 6.54 Å². The minimum atomic E-state index is -3.60. The maximum atomic E-state index is 12.2. The quantitative estimate of drug-likeness (QED) is 0.581. The van der Waals surface area contributed by atoms with Crippen LogP contribution in [0.25, 0.3) is 0 Å². The summed E-state index contributed by atoms with van der Waals surface area (Å²) in [5, 5.41) is 3.90. The number of sulfonamides is 1. The number of nitrogens with zero attached hydrogens (tertiary/aromatic N) is 3. The Balaban J connectivity index is 2.03. The number of benzene rings is 2. The fourth-order valence-corrected chi connectivity index (χ4v) is 3.23. The van der Waals surface area contributed by atoms with E-state index < -0.39 is 15.9 Å². The number of anilines is 2. The lowest BCUT2D eigenvalue weighted by Crippen LogP contribution is -2.39. The van der Waals surface area contributed by atoms with Crippen molar-refractivity contribution in [2.75, 3.05) is 36.1 Å². The number of aryl methyl sites for hydroxylation is 1. The number of carbonyl (C=O) groups excluding carboxylic acids is 1. The van der Waals surface area contributed by atoms with Gasteiger partial charge in [0.05, 0.1) is 18.2 Å². The molecule has 0 fully saturated rings. The number of carbonyl (C=O) groups is 1. The zero-order valence-electron chi connectivity index (χ0n) is 15.9. The van der Waals surface area contributed by atoms with Crippen molar-refractivity contribution < 1.29 is 13.2 Å². The van der Waals surface area contributed by atoms with E-state index in [2.05, 4.69) is 10.5 Å². The number of rotatable bonds is 7. The zero-order valence-corrected chi connectivity index (χ0v) is 16.7. The Kier molecular flexibility index (Phi) is 6.57. The van der Waals surface area contributed by atoms with Crippen molar-refractivity contribution in [3.63, 3.8) is 0 Å². The van der Waals surface area contributed by atoms with Gasteiger partial charge in [-0.1, -0.05) is 24.3 Å². The van der Waals surface area contributed by atoms with Gasteiger partial charge in [-0.3, -0.25) is 9.10 Å². The molecule has 1 amide bonds. The van der Waals surface area contributed by atoms with Crippen LogP contribution in [0, 0.1) is 6.92 Å². The molecule has 0 saturated heterocycles. The van der Waals surface area contributed by atoms with E-state index >= 15 is 0 Å². The van der Waals surface area contributed by atoms with Crippen LogP contribution in [0.1, 0.15) is 11.1 Å². The number of hydrazone groups is 1. The van der Waals surface area contributed by atoms with Crippen molar-refractivity contribution in [3.05, 3.63) is 59.7 Å². The summed E-state index contributed by atoms with van der Waals surface area (Å²) in [6.07, 6.45) is 2.58. The van der Waals surface area contributed by atoms with Gasteiger partial charge in [0.1, 0.15) is 6.54 Å². The van der Waals surface area contributed by atoms with Crippen LogP contribution in [0.5, 0.6) is 0 Å². The molecular weight excluding hydrogens is 364 g/mol. The van der Waals surface area contributed by atoms with Gasteiger partial charge in [-0.2, -0.15) is 5.10 Å². The fraction of sp³-hybridized carbons (Fsp3) is 0.263. The van der Waals surface area contributed by atoms with Crippen LogP contribution in [0.15, 0.2) is 53.6 Å². The first-order valence-corrected chi connectivity index (χ1v) is 10.2. The first-order chi connectivity index (χ1) is 12.7. The topological polar surface area (TPSA) is 82.1 Å². The molecule has 0 aliphatic heterocycles. The van der Waals surface area contributed by atoms with Crippen LogP contribution in [-0.2, 0) is 14.8 Å².